The van der Waals surface area contributed by atoms with Crippen LogP contribution in [0.5, 0.6) is 11.5 Å². The van der Waals surface area contributed by atoms with E-state index in [1.54, 1.807) is 20.3 Å². The monoisotopic (exact) mass is 379 g/mol. The van der Waals surface area contributed by atoms with Gasteiger partial charge in [0, 0.05) is 38.3 Å². The minimum Gasteiger partial charge on any atom is -0.493 e. The second kappa shape index (κ2) is 9.14. The average Bonchev–Trinajstić information content (AvgIpc) is 2.77. The molecule has 2 aromatic rings. The Morgan fingerprint density at radius 2 is 1.79 bits per heavy atom. The molecule has 0 aliphatic carbocycles. The van der Waals surface area contributed by atoms with Crippen molar-refractivity contribution in [3.8, 4) is 17.6 Å². The zero-order chi connectivity index (χ0) is 19.9. The van der Waals surface area contributed by atoms with Crippen LogP contribution in [0.4, 0.5) is 5.69 Å². The second-order valence-corrected chi connectivity index (χ2v) is 6.72. The molecule has 3 rings (SSSR count). The van der Waals surface area contributed by atoms with E-state index in [4.69, 9.17) is 14.7 Å². The quantitative estimate of drug-likeness (QED) is 0.772. The second-order valence-electron chi connectivity index (χ2n) is 6.72. The molecule has 2 aromatic carbocycles. The Bertz CT molecular complexity index is 868. The van der Waals surface area contributed by atoms with Crippen molar-refractivity contribution in [1.82, 2.24) is 4.90 Å². The first-order chi connectivity index (χ1) is 13.6. The molecule has 6 heteroatoms. The molecule has 1 saturated heterocycles. The fourth-order valence-corrected chi connectivity index (χ4v) is 3.43. The number of anilines is 1. The molecular formula is C22H25N3O3. The summed E-state index contributed by atoms with van der Waals surface area (Å²) in [6.07, 6.45) is 1.14. The fraction of sp³-hybridized carbons (Fsp3) is 0.364. The summed E-state index contributed by atoms with van der Waals surface area (Å²) < 4.78 is 10.6. The Labute approximate surface area is 165 Å². The summed E-state index contributed by atoms with van der Waals surface area (Å²) in [7, 11) is 3.22. The van der Waals surface area contributed by atoms with Gasteiger partial charge in [-0.05, 0) is 42.3 Å². The van der Waals surface area contributed by atoms with Crippen molar-refractivity contribution < 1.29 is 14.3 Å². The molecule has 1 amide bonds. The van der Waals surface area contributed by atoms with Crippen LogP contribution in [0.3, 0.4) is 0 Å². The van der Waals surface area contributed by atoms with Crippen molar-refractivity contribution in [2.75, 3.05) is 45.3 Å². The van der Waals surface area contributed by atoms with Crippen LogP contribution in [0.1, 0.15) is 17.5 Å². The predicted octanol–water partition coefficient (Wildman–Crippen LogP) is 2.86. The van der Waals surface area contributed by atoms with Crippen molar-refractivity contribution >= 4 is 11.6 Å². The topological polar surface area (TPSA) is 65.8 Å². The highest BCUT2D eigenvalue weighted by molar-refractivity contribution is 5.77. The zero-order valence-corrected chi connectivity index (χ0v) is 16.4. The summed E-state index contributed by atoms with van der Waals surface area (Å²) in [6, 6.07) is 15.5. The fourth-order valence-electron chi connectivity index (χ4n) is 3.43. The summed E-state index contributed by atoms with van der Waals surface area (Å²) in [5, 5.41) is 9.05. The number of carbonyl (C=O) groups is 1. The third-order valence-electron chi connectivity index (χ3n) is 5.05. The van der Waals surface area contributed by atoms with Gasteiger partial charge in [-0.25, -0.2) is 0 Å². The number of hydrogen-bond donors (Lipinski definition) is 0. The van der Waals surface area contributed by atoms with Crippen molar-refractivity contribution in [2.24, 2.45) is 0 Å². The maximum absolute atomic E-state index is 12.6. The van der Waals surface area contributed by atoms with Gasteiger partial charge in [-0.3, -0.25) is 4.79 Å². The lowest BCUT2D eigenvalue weighted by Crippen LogP contribution is -2.48. The van der Waals surface area contributed by atoms with E-state index >= 15 is 0 Å². The highest BCUT2D eigenvalue weighted by atomic mass is 16.5. The van der Waals surface area contributed by atoms with Gasteiger partial charge < -0.3 is 19.3 Å². The molecule has 0 bridgehead atoms. The number of hydrogen-bond acceptors (Lipinski definition) is 5. The van der Waals surface area contributed by atoms with Gasteiger partial charge in [0.25, 0.3) is 0 Å². The smallest absolute Gasteiger partial charge is 0.223 e. The minimum absolute atomic E-state index is 0.167. The largest absolute Gasteiger partial charge is 0.493 e. The first-order valence-corrected chi connectivity index (χ1v) is 9.38. The van der Waals surface area contributed by atoms with Crippen molar-refractivity contribution in [3.05, 3.63) is 53.6 Å². The number of amides is 1. The minimum atomic E-state index is 0.167. The van der Waals surface area contributed by atoms with Crippen LogP contribution in [-0.4, -0.2) is 51.2 Å². The number of nitrogens with zero attached hydrogens (tertiary/aromatic N) is 3. The lowest BCUT2D eigenvalue weighted by molar-refractivity contribution is -0.131. The molecule has 1 fully saturated rings. The van der Waals surface area contributed by atoms with Crippen molar-refractivity contribution in [1.29, 1.82) is 5.26 Å². The van der Waals surface area contributed by atoms with Crippen LogP contribution in [0.2, 0.25) is 0 Å². The van der Waals surface area contributed by atoms with Gasteiger partial charge in [0.1, 0.15) is 0 Å². The van der Waals surface area contributed by atoms with Crippen LogP contribution < -0.4 is 14.4 Å². The van der Waals surface area contributed by atoms with Crippen LogP contribution in [-0.2, 0) is 11.2 Å². The number of nitriles is 1. The van der Waals surface area contributed by atoms with Gasteiger partial charge in [-0.15, -0.1) is 0 Å². The van der Waals surface area contributed by atoms with E-state index in [-0.39, 0.29) is 5.91 Å². The number of rotatable bonds is 6. The van der Waals surface area contributed by atoms with E-state index < -0.39 is 0 Å². The number of carbonyl (C=O) groups excluding carboxylic acids is 1. The Hall–Kier alpha value is -3.20. The van der Waals surface area contributed by atoms with Crippen LogP contribution >= 0.6 is 0 Å². The predicted molar refractivity (Wildman–Crippen MR) is 108 cm³/mol. The first kappa shape index (κ1) is 19.6. The third kappa shape index (κ3) is 4.55. The molecule has 6 nitrogen and oxygen atoms in total. The van der Waals surface area contributed by atoms with Crippen molar-refractivity contribution in [2.45, 2.75) is 12.8 Å². The van der Waals surface area contributed by atoms with Gasteiger partial charge >= 0.3 is 0 Å². The third-order valence-corrected chi connectivity index (χ3v) is 5.05. The molecular weight excluding hydrogens is 354 g/mol. The van der Waals surface area contributed by atoms with Gasteiger partial charge in [-0.1, -0.05) is 12.1 Å². The Kier molecular flexibility index (Phi) is 6.38. The number of aryl methyl sites for hydroxylation is 1. The lowest BCUT2D eigenvalue weighted by atomic mass is 10.1. The maximum atomic E-state index is 12.6. The summed E-state index contributed by atoms with van der Waals surface area (Å²) in [5.74, 6) is 1.54. The lowest BCUT2D eigenvalue weighted by Gasteiger charge is -2.36. The summed E-state index contributed by atoms with van der Waals surface area (Å²) in [4.78, 5) is 16.7. The molecule has 1 aliphatic rings. The van der Waals surface area contributed by atoms with Gasteiger partial charge in [0.05, 0.1) is 25.9 Å². The van der Waals surface area contributed by atoms with E-state index in [1.807, 2.05) is 41.3 Å². The van der Waals surface area contributed by atoms with Gasteiger partial charge in [-0.2, -0.15) is 5.26 Å². The van der Waals surface area contributed by atoms with Crippen molar-refractivity contribution in [3.63, 3.8) is 0 Å². The average molecular weight is 379 g/mol. The molecule has 0 N–H and O–H groups in total. The van der Waals surface area contributed by atoms with E-state index in [1.165, 1.54) is 0 Å². The molecule has 0 spiro atoms. The van der Waals surface area contributed by atoms with Crippen LogP contribution in [0.25, 0.3) is 0 Å². The number of ether oxygens (including phenoxy) is 2. The summed E-state index contributed by atoms with van der Waals surface area (Å²) in [6.45, 7) is 2.94. The van der Waals surface area contributed by atoms with E-state index in [0.29, 0.717) is 43.0 Å². The Balaban J connectivity index is 1.52. The van der Waals surface area contributed by atoms with E-state index in [9.17, 15) is 4.79 Å². The Morgan fingerprint density at radius 3 is 2.46 bits per heavy atom. The molecule has 1 aliphatic heterocycles. The van der Waals surface area contributed by atoms with E-state index in [2.05, 4.69) is 11.0 Å². The maximum Gasteiger partial charge on any atom is 0.223 e. The Morgan fingerprint density at radius 1 is 1.04 bits per heavy atom. The van der Waals surface area contributed by atoms with Crippen LogP contribution in [0.15, 0.2) is 42.5 Å². The van der Waals surface area contributed by atoms with Gasteiger partial charge in [0.2, 0.25) is 5.91 Å². The summed E-state index contributed by atoms with van der Waals surface area (Å²) >= 11 is 0. The first-order valence-electron chi connectivity index (χ1n) is 9.38. The normalized spacial score (nSPS) is 13.8. The molecule has 28 heavy (non-hydrogen) atoms. The molecule has 0 saturated carbocycles. The van der Waals surface area contributed by atoms with E-state index in [0.717, 1.165) is 24.3 Å². The van der Waals surface area contributed by atoms with Gasteiger partial charge in [0.15, 0.2) is 11.5 Å². The number of piperazine rings is 1. The molecule has 0 unspecified atom stereocenters. The number of benzene rings is 2. The molecule has 1 heterocycles. The molecule has 146 valence electrons. The highest BCUT2D eigenvalue weighted by Gasteiger charge is 2.21. The standard InChI is InChI=1S/C22H25N3O3/c1-27-20-8-6-17(15-21(20)28-2)7-9-22(26)25-12-10-24(11-13-25)19-5-3-4-18(14-19)16-23/h3-6,8,14-15H,7,9-13H2,1-2H3. The number of methoxy groups -OCH3 is 2. The highest BCUT2D eigenvalue weighted by Crippen LogP contribution is 2.28. The molecule has 0 aromatic heterocycles. The SMILES string of the molecule is COc1ccc(CCC(=O)N2CCN(c3cccc(C#N)c3)CC2)cc1OC. The molecule has 0 atom stereocenters. The van der Waals surface area contributed by atoms with Crippen LogP contribution in [0, 0.1) is 11.3 Å². The molecule has 0 radical (unpaired) electrons. The zero-order valence-electron chi connectivity index (χ0n) is 16.4. The summed E-state index contributed by atoms with van der Waals surface area (Å²) in [5.41, 5.74) is 2.75.